The fourth-order valence-electron chi connectivity index (χ4n) is 2.12. The lowest BCUT2D eigenvalue weighted by Crippen LogP contribution is -2.32. The summed E-state index contributed by atoms with van der Waals surface area (Å²) in [7, 11) is 0. The summed E-state index contributed by atoms with van der Waals surface area (Å²) in [5, 5.41) is 9.99. The molecule has 1 aliphatic heterocycles. The molecule has 2 rings (SSSR count). The fourth-order valence-corrected chi connectivity index (χ4v) is 2.12. The minimum absolute atomic E-state index is 0.339. The van der Waals surface area contributed by atoms with Gasteiger partial charge in [-0.15, -0.1) is 0 Å². The zero-order chi connectivity index (χ0) is 12.3. The van der Waals surface area contributed by atoms with Crippen LogP contribution in [0.15, 0.2) is 24.3 Å². The molecule has 1 atom stereocenters. The van der Waals surface area contributed by atoms with Crippen LogP contribution in [0.25, 0.3) is 0 Å². The highest BCUT2D eigenvalue weighted by molar-refractivity contribution is 5.88. The van der Waals surface area contributed by atoms with Crippen molar-refractivity contribution in [3.8, 4) is 0 Å². The van der Waals surface area contributed by atoms with Gasteiger partial charge >= 0.3 is 6.09 Å². The van der Waals surface area contributed by atoms with Gasteiger partial charge in [-0.3, -0.25) is 4.90 Å². The highest BCUT2D eigenvalue weighted by Gasteiger charge is 2.25. The molecule has 0 fully saturated rings. The summed E-state index contributed by atoms with van der Waals surface area (Å²) in [5.41, 5.74) is 1.56. The van der Waals surface area contributed by atoms with Gasteiger partial charge in [-0.05, 0) is 25.8 Å². The quantitative estimate of drug-likeness (QED) is 0.813. The van der Waals surface area contributed by atoms with Gasteiger partial charge in [-0.1, -0.05) is 18.2 Å². The van der Waals surface area contributed by atoms with Crippen molar-refractivity contribution in [2.45, 2.75) is 25.9 Å². The molecule has 1 unspecified atom stereocenters. The molecule has 1 aromatic carbocycles. The van der Waals surface area contributed by atoms with E-state index in [2.05, 4.69) is 0 Å². The maximum absolute atomic E-state index is 11.8. The molecule has 0 radical (unpaired) electrons. The largest absolute Gasteiger partial charge is 0.449 e. The molecule has 1 N–H and O–H groups in total. The lowest BCUT2D eigenvalue weighted by Gasteiger charge is -2.22. The van der Waals surface area contributed by atoms with Crippen LogP contribution in [0.5, 0.6) is 0 Å². The van der Waals surface area contributed by atoms with Gasteiger partial charge in [-0.25, -0.2) is 4.79 Å². The Hall–Kier alpha value is -1.55. The number of para-hydroxylation sites is 1. The van der Waals surface area contributed by atoms with Crippen LogP contribution in [-0.2, 0) is 4.74 Å². The molecule has 17 heavy (non-hydrogen) atoms. The molecule has 0 saturated heterocycles. The molecule has 0 aromatic heterocycles. The zero-order valence-electron chi connectivity index (χ0n) is 9.93. The first-order valence-electron chi connectivity index (χ1n) is 5.95. The normalized spacial score (nSPS) is 19.4. The Bertz CT molecular complexity index is 405. The molecule has 92 valence electrons. The van der Waals surface area contributed by atoms with Crippen molar-refractivity contribution < 1.29 is 14.6 Å². The summed E-state index contributed by atoms with van der Waals surface area (Å²) in [5.74, 6) is 0. The summed E-state index contributed by atoms with van der Waals surface area (Å²) in [6.45, 7) is 2.74. The Morgan fingerprint density at radius 1 is 1.53 bits per heavy atom. The number of aliphatic hydroxyl groups excluding tert-OH is 1. The second-order valence-electron chi connectivity index (χ2n) is 4.07. The Balaban J connectivity index is 2.35. The highest BCUT2D eigenvalue weighted by Crippen LogP contribution is 2.32. The average molecular weight is 235 g/mol. The van der Waals surface area contributed by atoms with Gasteiger partial charge < -0.3 is 9.84 Å². The average Bonchev–Trinajstić information content (AvgIpc) is 2.50. The number of hydrogen-bond acceptors (Lipinski definition) is 3. The van der Waals surface area contributed by atoms with Gasteiger partial charge in [0.1, 0.15) is 0 Å². The lowest BCUT2D eigenvalue weighted by molar-refractivity contribution is 0.159. The number of rotatable bonds is 1. The van der Waals surface area contributed by atoms with Crippen LogP contribution in [0.1, 0.15) is 31.4 Å². The van der Waals surface area contributed by atoms with Crippen molar-refractivity contribution in [1.82, 2.24) is 0 Å². The Morgan fingerprint density at radius 3 is 3.06 bits per heavy atom. The minimum atomic E-state index is -0.495. The van der Waals surface area contributed by atoms with Gasteiger partial charge in [-0.2, -0.15) is 0 Å². The van der Waals surface area contributed by atoms with Gasteiger partial charge in [0.05, 0.1) is 18.4 Å². The summed E-state index contributed by atoms with van der Waals surface area (Å²) in [4.78, 5) is 13.4. The predicted molar refractivity (Wildman–Crippen MR) is 65.0 cm³/mol. The number of ether oxygens (including phenoxy) is 1. The monoisotopic (exact) mass is 235 g/mol. The van der Waals surface area contributed by atoms with Crippen LogP contribution >= 0.6 is 0 Å². The predicted octanol–water partition coefficient (Wildman–Crippen LogP) is 2.48. The third-order valence-electron chi connectivity index (χ3n) is 2.93. The fraction of sp³-hybridized carbons (Fsp3) is 0.462. The van der Waals surface area contributed by atoms with Crippen molar-refractivity contribution >= 4 is 11.8 Å². The van der Waals surface area contributed by atoms with Crippen molar-refractivity contribution in [1.29, 1.82) is 0 Å². The first-order valence-corrected chi connectivity index (χ1v) is 5.95. The number of amides is 1. The van der Waals surface area contributed by atoms with E-state index in [0.29, 0.717) is 19.6 Å². The van der Waals surface area contributed by atoms with E-state index < -0.39 is 6.10 Å². The van der Waals surface area contributed by atoms with E-state index in [1.54, 1.807) is 11.8 Å². The molecule has 4 nitrogen and oxygen atoms in total. The van der Waals surface area contributed by atoms with E-state index in [-0.39, 0.29) is 6.09 Å². The van der Waals surface area contributed by atoms with Crippen molar-refractivity contribution in [3.63, 3.8) is 0 Å². The first kappa shape index (κ1) is 11.9. The standard InChI is InChI=1S/C13H17NO3/c1-2-17-13(16)14-9-5-8-12(15)10-6-3-4-7-11(10)14/h3-4,6-7,12,15H,2,5,8-9H2,1H3. The Morgan fingerprint density at radius 2 is 2.29 bits per heavy atom. The van der Waals surface area contributed by atoms with Gasteiger partial charge in [0.15, 0.2) is 0 Å². The molecule has 0 spiro atoms. The topological polar surface area (TPSA) is 49.8 Å². The van der Waals surface area contributed by atoms with Crippen LogP contribution in [0.2, 0.25) is 0 Å². The van der Waals surface area contributed by atoms with Crippen molar-refractivity contribution in [2.24, 2.45) is 0 Å². The van der Waals surface area contributed by atoms with Gasteiger partial charge in [0.25, 0.3) is 0 Å². The summed E-state index contributed by atoms with van der Waals surface area (Å²) in [6, 6.07) is 7.44. The van der Waals surface area contributed by atoms with Crippen LogP contribution in [-0.4, -0.2) is 24.4 Å². The molecule has 0 saturated carbocycles. The van der Waals surface area contributed by atoms with E-state index in [4.69, 9.17) is 4.74 Å². The summed E-state index contributed by atoms with van der Waals surface area (Å²) in [6.07, 6.45) is 0.612. The molecule has 1 amide bonds. The summed E-state index contributed by atoms with van der Waals surface area (Å²) < 4.78 is 5.03. The molecule has 1 heterocycles. The van der Waals surface area contributed by atoms with E-state index in [0.717, 1.165) is 17.7 Å². The third-order valence-corrected chi connectivity index (χ3v) is 2.93. The molecule has 4 heteroatoms. The van der Waals surface area contributed by atoms with Crippen LogP contribution in [0, 0.1) is 0 Å². The molecule has 1 aliphatic rings. The first-order chi connectivity index (χ1) is 8.24. The number of carbonyl (C=O) groups is 1. The number of hydrogen-bond donors (Lipinski definition) is 1. The number of nitrogens with zero attached hydrogens (tertiary/aromatic N) is 1. The Labute approximate surface area is 101 Å². The number of carbonyl (C=O) groups excluding carboxylic acids is 1. The van der Waals surface area contributed by atoms with E-state index in [9.17, 15) is 9.90 Å². The maximum atomic E-state index is 11.8. The number of aliphatic hydroxyl groups is 1. The number of fused-ring (bicyclic) bond motifs is 1. The highest BCUT2D eigenvalue weighted by atomic mass is 16.6. The third kappa shape index (κ3) is 2.42. The van der Waals surface area contributed by atoms with Crippen LogP contribution in [0.4, 0.5) is 10.5 Å². The van der Waals surface area contributed by atoms with E-state index in [1.807, 2.05) is 24.3 Å². The molecule has 0 aliphatic carbocycles. The smallest absolute Gasteiger partial charge is 0.414 e. The second-order valence-corrected chi connectivity index (χ2v) is 4.07. The van der Waals surface area contributed by atoms with E-state index >= 15 is 0 Å². The summed E-state index contributed by atoms with van der Waals surface area (Å²) >= 11 is 0. The van der Waals surface area contributed by atoms with Crippen molar-refractivity contribution in [3.05, 3.63) is 29.8 Å². The number of benzene rings is 1. The zero-order valence-corrected chi connectivity index (χ0v) is 9.93. The van der Waals surface area contributed by atoms with E-state index in [1.165, 1.54) is 0 Å². The number of anilines is 1. The molecule has 1 aromatic rings. The van der Waals surface area contributed by atoms with Crippen LogP contribution in [0.3, 0.4) is 0 Å². The SMILES string of the molecule is CCOC(=O)N1CCCC(O)c2ccccc21. The molecule has 0 bridgehead atoms. The minimum Gasteiger partial charge on any atom is -0.449 e. The van der Waals surface area contributed by atoms with Crippen LogP contribution < -0.4 is 4.90 Å². The second kappa shape index (κ2) is 5.19. The maximum Gasteiger partial charge on any atom is 0.414 e. The van der Waals surface area contributed by atoms with Gasteiger partial charge in [0.2, 0.25) is 0 Å². The molecular weight excluding hydrogens is 218 g/mol. The lowest BCUT2D eigenvalue weighted by atomic mass is 10.1. The van der Waals surface area contributed by atoms with Gasteiger partial charge in [0, 0.05) is 12.1 Å². The molecular formula is C13H17NO3. The van der Waals surface area contributed by atoms with Crippen molar-refractivity contribution in [2.75, 3.05) is 18.1 Å². The Kier molecular flexibility index (Phi) is 3.64.